The van der Waals surface area contributed by atoms with Crippen LogP contribution in [-0.4, -0.2) is 25.7 Å². The smallest absolute Gasteiger partial charge is 0.309 e. The summed E-state index contributed by atoms with van der Waals surface area (Å²) in [6.07, 6.45) is 3.44. The van der Waals surface area contributed by atoms with Gasteiger partial charge in [-0.1, -0.05) is 0 Å². The van der Waals surface area contributed by atoms with Gasteiger partial charge in [0.2, 0.25) is 0 Å². The highest BCUT2D eigenvalue weighted by molar-refractivity contribution is 5.77. The van der Waals surface area contributed by atoms with Crippen LogP contribution in [0.4, 0.5) is 0 Å². The van der Waals surface area contributed by atoms with Gasteiger partial charge in [0.05, 0.1) is 12.5 Å². The zero-order valence-electron chi connectivity index (χ0n) is 8.14. The second-order valence-electron chi connectivity index (χ2n) is 4.15. The Labute approximate surface area is 78.8 Å². The van der Waals surface area contributed by atoms with Crippen LogP contribution < -0.4 is 5.32 Å². The van der Waals surface area contributed by atoms with Gasteiger partial charge in [-0.15, -0.1) is 0 Å². The number of ether oxygens (including phenoxy) is 1. The van der Waals surface area contributed by atoms with Gasteiger partial charge in [0.15, 0.2) is 0 Å². The van der Waals surface area contributed by atoms with Crippen molar-refractivity contribution in [1.29, 1.82) is 0 Å². The third-order valence-electron chi connectivity index (χ3n) is 3.27. The van der Waals surface area contributed by atoms with Gasteiger partial charge in [0.25, 0.3) is 0 Å². The maximum absolute atomic E-state index is 11.4. The van der Waals surface area contributed by atoms with Crippen molar-refractivity contribution in [3.63, 3.8) is 0 Å². The van der Waals surface area contributed by atoms with Crippen molar-refractivity contribution >= 4 is 5.97 Å². The molecule has 3 nitrogen and oxygen atoms in total. The fraction of sp³-hybridized carbons (Fsp3) is 0.900. The van der Waals surface area contributed by atoms with E-state index in [1.807, 2.05) is 6.92 Å². The van der Waals surface area contributed by atoms with Crippen LogP contribution in [0.3, 0.4) is 0 Å². The second-order valence-corrected chi connectivity index (χ2v) is 4.15. The van der Waals surface area contributed by atoms with E-state index in [1.165, 1.54) is 12.8 Å². The molecule has 1 heterocycles. The normalized spacial score (nSPS) is 37.5. The van der Waals surface area contributed by atoms with Gasteiger partial charge in [-0.25, -0.2) is 0 Å². The van der Waals surface area contributed by atoms with E-state index in [9.17, 15) is 4.79 Å². The average Bonchev–Trinajstić information content (AvgIpc) is 2.81. The quantitative estimate of drug-likeness (QED) is 0.647. The molecule has 0 bridgehead atoms. The van der Waals surface area contributed by atoms with Crippen LogP contribution in [-0.2, 0) is 9.53 Å². The van der Waals surface area contributed by atoms with Crippen LogP contribution in [0.15, 0.2) is 0 Å². The Morgan fingerprint density at radius 2 is 2.54 bits per heavy atom. The number of hydrogen-bond acceptors (Lipinski definition) is 3. The fourth-order valence-electron chi connectivity index (χ4n) is 2.39. The molecule has 13 heavy (non-hydrogen) atoms. The molecule has 2 rings (SSSR count). The minimum atomic E-state index is 0.0196. The molecule has 2 fully saturated rings. The third kappa shape index (κ3) is 1.57. The number of carbonyl (C=O) groups excluding carboxylic acids is 1. The van der Waals surface area contributed by atoms with Crippen molar-refractivity contribution in [3.05, 3.63) is 0 Å². The van der Waals surface area contributed by atoms with E-state index in [1.54, 1.807) is 0 Å². The minimum Gasteiger partial charge on any atom is -0.466 e. The molecule has 2 unspecified atom stereocenters. The van der Waals surface area contributed by atoms with E-state index in [4.69, 9.17) is 4.74 Å². The number of piperidine rings is 1. The van der Waals surface area contributed by atoms with Crippen LogP contribution in [0.25, 0.3) is 0 Å². The van der Waals surface area contributed by atoms with Crippen molar-refractivity contribution < 1.29 is 9.53 Å². The van der Waals surface area contributed by atoms with Gasteiger partial charge in [0, 0.05) is 6.54 Å². The lowest BCUT2D eigenvalue weighted by Crippen LogP contribution is -2.33. The molecular formula is C10H17NO2. The number of esters is 1. The minimum absolute atomic E-state index is 0.0196. The van der Waals surface area contributed by atoms with Crippen molar-refractivity contribution in [3.8, 4) is 0 Å². The van der Waals surface area contributed by atoms with Crippen molar-refractivity contribution in [2.24, 2.45) is 11.3 Å². The maximum atomic E-state index is 11.4. The lowest BCUT2D eigenvalue weighted by molar-refractivity contribution is -0.145. The summed E-state index contributed by atoms with van der Waals surface area (Å²) in [6.45, 7) is 4.50. The summed E-state index contributed by atoms with van der Waals surface area (Å²) in [7, 11) is 0. The summed E-state index contributed by atoms with van der Waals surface area (Å²) in [5.74, 6) is 0.214. The van der Waals surface area contributed by atoms with Crippen LogP contribution in [0.5, 0.6) is 0 Å². The molecule has 1 N–H and O–H groups in total. The zero-order valence-corrected chi connectivity index (χ0v) is 8.14. The molecule has 0 radical (unpaired) electrons. The zero-order chi connectivity index (χ0) is 9.31. The Balaban J connectivity index is 1.88. The Morgan fingerprint density at radius 3 is 3.15 bits per heavy atom. The predicted octanol–water partition coefficient (Wildman–Crippen LogP) is 0.939. The summed E-state index contributed by atoms with van der Waals surface area (Å²) in [5, 5.41) is 3.36. The van der Waals surface area contributed by atoms with E-state index in [0.29, 0.717) is 6.61 Å². The monoisotopic (exact) mass is 183 g/mol. The molecule has 3 heteroatoms. The predicted molar refractivity (Wildman–Crippen MR) is 49.3 cm³/mol. The molecule has 0 aromatic heterocycles. The topological polar surface area (TPSA) is 38.3 Å². The fourth-order valence-corrected chi connectivity index (χ4v) is 2.39. The molecular weight excluding hydrogens is 166 g/mol. The van der Waals surface area contributed by atoms with Gasteiger partial charge in [0.1, 0.15) is 0 Å². The molecule has 0 amide bonds. The second kappa shape index (κ2) is 3.29. The van der Waals surface area contributed by atoms with Crippen molar-refractivity contribution in [1.82, 2.24) is 5.32 Å². The van der Waals surface area contributed by atoms with E-state index in [-0.39, 0.29) is 17.3 Å². The maximum Gasteiger partial charge on any atom is 0.309 e. The first-order chi connectivity index (χ1) is 6.28. The first-order valence-electron chi connectivity index (χ1n) is 5.16. The molecule has 74 valence electrons. The number of hydrogen-bond donors (Lipinski definition) is 1. The molecule has 1 saturated heterocycles. The van der Waals surface area contributed by atoms with E-state index >= 15 is 0 Å². The van der Waals surface area contributed by atoms with E-state index in [0.717, 1.165) is 19.5 Å². The van der Waals surface area contributed by atoms with Crippen LogP contribution in [0, 0.1) is 11.3 Å². The van der Waals surface area contributed by atoms with Crippen LogP contribution in [0.1, 0.15) is 26.2 Å². The first-order valence-corrected chi connectivity index (χ1v) is 5.16. The average molecular weight is 183 g/mol. The third-order valence-corrected chi connectivity index (χ3v) is 3.27. The van der Waals surface area contributed by atoms with Crippen molar-refractivity contribution in [2.45, 2.75) is 26.2 Å². The van der Waals surface area contributed by atoms with Gasteiger partial charge in [-0.2, -0.15) is 0 Å². The highest BCUT2D eigenvalue weighted by atomic mass is 16.5. The number of carbonyl (C=O) groups is 1. The Morgan fingerprint density at radius 1 is 1.69 bits per heavy atom. The van der Waals surface area contributed by atoms with Crippen LogP contribution >= 0.6 is 0 Å². The Kier molecular flexibility index (Phi) is 2.28. The number of nitrogens with one attached hydrogen (secondary N) is 1. The number of rotatable bonds is 2. The summed E-state index contributed by atoms with van der Waals surface area (Å²) in [6, 6.07) is 0. The van der Waals surface area contributed by atoms with Gasteiger partial charge < -0.3 is 10.1 Å². The highest BCUT2D eigenvalue weighted by Gasteiger charge is 2.58. The molecule has 0 aromatic rings. The van der Waals surface area contributed by atoms with E-state index in [2.05, 4.69) is 5.32 Å². The van der Waals surface area contributed by atoms with Gasteiger partial charge in [-0.3, -0.25) is 4.79 Å². The molecule has 2 aliphatic rings. The lowest BCUT2D eigenvalue weighted by atomic mass is 9.94. The first kappa shape index (κ1) is 9.00. The molecule has 1 saturated carbocycles. The summed E-state index contributed by atoms with van der Waals surface area (Å²) in [5.41, 5.74) is 0.282. The summed E-state index contributed by atoms with van der Waals surface area (Å²) in [4.78, 5) is 11.4. The molecule has 2 atom stereocenters. The van der Waals surface area contributed by atoms with Gasteiger partial charge in [-0.05, 0) is 38.1 Å². The summed E-state index contributed by atoms with van der Waals surface area (Å²) < 4.78 is 5.03. The summed E-state index contributed by atoms with van der Waals surface area (Å²) >= 11 is 0. The van der Waals surface area contributed by atoms with Gasteiger partial charge >= 0.3 is 5.97 Å². The Hall–Kier alpha value is -0.570. The lowest BCUT2D eigenvalue weighted by Gasteiger charge is -2.22. The molecule has 1 aliphatic carbocycles. The van der Waals surface area contributed by atoms with Crippen molar-refractivity contribution in [2.75, 3.05) is 19.7 Å². The largest absolute Gasteiger partial charge is 0.466 e. The molecule has 1 aliphatic heterocycles. The Bertz CT molecular complexity index is 209. The standard InChI is InChI=1S/C10H17NO2/c1-2-13-9(12)8-6-10(8)4-3-5-11-7-10/h8,11H,2-7H2,1H3. The SMILES string of the molecule is CCOC(=O)C1CC12CCCNC2. The van der Waals surface area contributed by atoms with Crippen LogP contribution in [0.2, 0.25) is 0 Å². The molecule has 0 aromatic carbocycles. The molecule has 1 spiro atoms. The highest BCUT2D eigenvalue weighted by Crippen LogP contribution is 2.56. The van der Waals surface area contributed by atoms with E-state index < -0.39 is 0 Å².